The van der Waals surface area contributed by atoms with Crippen molar-refractivity contribution < 1.29 is 9.53 Å². The molecule has 1 saturated carbocycles. The topological polar surface area (TPSA) is 70.2 Å². The van der Waals surface area contributed by atoms with Crippen LogP contribution in [0, 0.1) is 5.92 Å². The molecule has 0 unspecified atom stereocenters. The first-order chi connectivity index (χ1) is 14.2. The molecule has 0 atom stereocenters. The van der Waals surface area contributed by atoms with Crippen molar-refractivity contribution in [1.29, 1.82) is 0 Å². The molecule has 5 rings (SSSR count). The first-order valence-electron chi connectivity index (χ1n) is 10.1. The minimum atomic E-state index is 0.0293. The number of amides is 1. The zero-order valence-electron chi connectivity index (χ0n) is 16.4. The second-order valence-corrected chi connectivity index (χ2v) is 7.82. The number of rotatable bonds is 6. The maximum Gasteiger partial charge on any atom is 0.257 e. The number of likely N-dealkylation sites (N-methyl/N-ethyl adjacent to an activating group) is 1. The molecular weight excluding hydrogens is 364 g/mol. The number of hydrogen-bond donors (Lipinski definition) is 2. The number of H-pyrrole nitrogens is 1. The number of pyridine rings is 1. The lowest BCUT2D eigenvalue weighted by atomic mass is 10.0. The molecule has 1 fully saturated rings. The molecule has 2 aliphatic rings. The van der Waals surface area contributed by atoms with Crippen LogP contribution in [0.4, 0.5) is 11.4 Å². The minimum Gasteiger partial charge on any atom is -0.491 e. The Morgan fingerprint density at radius 3 is 2.86 bits per heavy atom. The molecule has 29 heavy (non-hydrogen) atoms. The van der Waals surface area contributed by atoms with Gasteiger partial charge in [-0.15, -0.1) is 0 Å². The van der Waals surface area contributed by atoms with Gasteiger partial charge >= 0.3 is 0 Å². The number of aromatic nitrogens is 2. The number of carbonyl (C=O) groups is 1. The van der Waals surface area contributed by atoms with Crippen LogP contribution in [0.25, 0.3) is 11.3 Å². The van der Waals surface area contributed by atoms with Crippen LogP contribution in [0.3, 0.4) is 0 Å². The molecule has 6 heteroatoms. The Hall–Kier alpha value is -3.28. The van der Waals surface area contributed by atoms with Gasteiger partial charge in [0.2, 0.25) is 0 Å². The Morgan fingerprint density at radius 2 is 2.07 bits per heavy atom. The number of hydrogen-bond acceptors (Lipinski definition) is 4. The molecule has 3 heterocycles. The molecule has 148 valence electrons. The average Bonchev–Trinajstić information content (AvgIpc) is 3.51. The van der Waals surface area contributed by atoms with E-state index in [1.165, 1.54) is 12.8 Å². The molecule has 3 aromatic rings. The summed E-state index contributed by atoms with van der Waals surface area (Å²) in [7, 11) is 1.85. The van der Waals surface area contributed by atoms with Crippen LogP contribution in [0.1, 0.15) is 28.9 Å². The van der Waals surface area contributed by atoms with Crippen LogP contribution in [-0.4, -0.2) is 41.0 Å². The molecule has 0 radical (unpaired) electrons. The van der Waals surface area contributed by atoms with Gasteiger partial charge in [0.15, 0.2) is 0 Å². The highest BCUT2D eigenvalue weighted by Crippen LogP contribution is 2.41. The third kappa shape index (κ3) is 3.46. The van der Waals surface area contributed by atoms with E-state index in [-0.39, 0.29) is 5.91 Å². The summed E-state index contributed by atoms with van der Waals surface area (Å²) in [5.74, 6) is 1.42. The van der Waals surface area contributed by atoms with Gasteiger partial charge in [0.25, 0.3) is 5.91 Å². The van der Waals surface area contributed by atoms with Crippen LogP contribution in [0.5, 0.6) is 5.75 Å². The number of aromatic amines is 1. The number of nitrogens with zero attached hydrogens (tertiary/aromatic N) is 2. The normalized spacial score (nSPS) is 15.9. The van der Waals surface area contributed by atoms with E-state index in [1.807, 2.05) is 43.4 Å². The van der Waals surface area contributed by atoms with Gasteiger partial charge in [-0.25, -0.2) is 0 Å². The number of carbonyl (C=O) groups excluding carboxylic acids is 1. The molecule has 1 aromatic carbocycles. The molecule has 0 saturated heterocycles. The van der Waals surface area contributed by atoms with E-state index in [2.05, 4.69) is 15.3 Å². The quantitative estimate of drug-likeness (QED) is 0.663. The molecule has 1 amide bonds. The summed E-state index contributed by atoms with van der Waals surface area (Å²) in [5, 5.41) is 3.48. The van der Waals surface area contributed by atoms with E-state index in [4.69, 9.17) is 4.74 Å². The summed E-state index contributed by atoms with van der Waals surface area (Å²) >= 11 is 0. The van der Waals surface area contributed by atoms with Crippen LogP contribution >= 0.6 is 0 Å². The molecule has 1 aliphatic heterocycles. The zero-order chi connectivity index (χ0) is 19.8. The number of anilines is 2. The lowest BCUT2D eigenvalue weighted by Crippen LogP contribution is -2.34. The summed E-state index contributed by atoms with van der Waals surface area (Å²) in [5.41, 5.74) is 5.20. The number of benzene rings is 1. The third-order valence-electron chi connectivity index (χ3n) is 5.60. The monoisotopic (exact) mass is 388 g/mol. The lowest BCUT2D eigenvalue weighted by Gasteiger charge is -2.23. The van der Waals surface area contributed by atoms with Crippen LogP contribution in [-0.2, 0) is 6.42 Å². The predicted molar refractivity (Wildman–Crippen MR) is 113 cm³/mol. The van der Waals surface area contributed by atoms with Crippen molar-refractivity contribution in [3.8, 4) is 17.0 Å². The molecule has 0 bridgehead atoms. The molecule has 2 aromatic heterocycles. The number of nitrogens with one attached hydrogen (secondary N) is 2. The molecule has 0 spiro atoms. The molecule has 2 N–H and O–H groups in total. The zero-order valence-corrected chi connectivity index (χ0v) is 16.4. The Labute approximate surface area is 169 Å². The van der Waals surface area contributed by atoms with E-state index in [0.29, 0.717) is 24.6 Å². The maximum atomic E-state index is 13.0. The summed E-state index contributed by atoms with van der Waals surface area (Å²) in [6.07, 6.45) is 6.78. The second kappa shape index (κ2) is 7.28. The minimum absolute atomic E-state index is 0.0293. The standard InChI is InChI=1S/C23H24N4O2/c1-27-12-10-18-20(23(27)28)22(25-16-5-3-2-4-6-16)21(26-18)17-9-11-24-13-19(17)29-14-15-7-8-15/h2-6,9,11,13,15,25-26H,7-8,10,12,14H2,1H3. The van der Waals surface area contributed by atoms with Crippen LogP contribution < -0.4 is 10.1 Å². The SMILES string of the molecule is CN1CCc2[nH]c(-c3ccncc3OCC3CC3)c(Nc3ccccc3)c2C1=O. The Morgan fingerprint density at radius 1 is 1.24 bits per heavy atom. The highest BCUT2D eigenvalue weighted by molar-refractivity contribution is 6.06. The lowest BCUT2D eigenvalue weighted by molar-refractivity contribution is 0.0781. The van der Waals surface area contributed by atoms with Crippen LogP contribution in [0.15, 0.2) is 48.8 Å². The van der Waals surface area contributed by atoms with Crippen LogP contribution in [0.2, 0.25) is 0 Å². The smallest absolute Gasteiger partial charge is 0.257 e. The van der Waals surface area contributed by atoms with Gasteiger partial charge < -0.3 is 19.9 Å². The summed E-state index contributed by atoms with van der Waals surface area (Å²) in [6.45, 7) is 1.42. The van der Waals surface area contributed by atoms with Crippen molar-refractivity contribution in [2.75, 3.05) is 25.5 Å². The average molecular weight is 388 g/mol. The highest BCUT2D eigenvalue weighted by Gasteiger charge is 2.31. The van der Waals surface area contributed by atoms with Gasteiger partial charge in [0, 0.05) is 43.2 Å². The van der Waals surface area contributed by atoms with Gasteiger partial charge in [-0.05, 0) is 37.0 Å². The van der Waals surface area contributed by atoms with Gasteiger partial charge in [-0.1, -0.05) is 18.2 Å². The van der Waals surface area contributed by atoms with Crippen molar-refractivity contribution in [1.82, 2.24) is 14.9 Å². The molecule has 6 nitrogen and oxygen atoms in total. The summed E-state index contributed by atoms with van der Waals surface area (Å²) < 4.78 is 6.10. The largest absolute Gasteiger partial charge is 0.491 e. The second-order valence-electron chi connectivity index (χ2n) is 7.82. The fourth-order valence-corrected chi connectivity index (χ4v) is 3.73. The van der Waals surface area contributed by atoms with Gasteiger partial charge in [0.05, 0.1) is 29.7 Å². The first kappa shape index (κ1) is 17.8. The Balaban J connectivity index is 1.61. The van der Waals surface area contributed by atoms with Crippen molar-refractivity contribution in [2.24, 2.45) is 5.92 Å². The van der Waals surface area contributed by atoms with Gasteiger partial charge in [-0.3, -0.25) is 9.78 Å². The maximum absolute atomic E-state index is 13.0. The highest BCUT2D eigenvalue weighted by atomic mass is 16.5. The third-order valence-corrected chi connectivity index (χ3v) is 5.60. The molecular formula is C23H24N4O2. The van der Waals surface area contributed by atoms with Crippen molar-refractivity contribution in [3.63, 3.8) is 0 Å². The summed E-state index contributed by atoms with van der Waals surface area (Å²) in [4.78, 5) is 22.5. The Kier molecular flexibility index (Phi) is 4.46. The van der Waals surface area contributed by atoms with E-state index in [9.17, 15) is 4.79 Å². The predicted octanol–water partition coefficient (Wildman–Crippen LogP) is 4.24. The summed E-state index contributed by atoms with van der Waals surface area (Å²) in [6, 6.07) is 11.9. The number of fused-ring (bicyclic) bond motifs is 1. The number of ether oxygens (including phenoxy) is 1. The van der Waals surface area contributed by atoms with Crippen molar-refractivity contribution in [3.05, 3.63) is 60.0 Å². The number of para-hydroxylation sites is 1. The van der Waals surface area contributed by atoms with Crippen molar-refractivity contribution in [2.45, 2.75) is 19.3 Å². The van der Waals surface area contributed by atoms with E-state index < -0.39 is 0 Å². The Bertz CT molecular complexity index is 1040. The fourth-order valence-electron chi connectivity index (χ4n) is 3.73. The van der Waals surface area contributed by atoms with E-state index in [1.54, 1.807) is 17.3 Å². The van der Waals surface area contributed by atoms with Crippen molar-refractivity contribution >= 4 is 17.3 Å². The van der Waals surface area contributed by atoms with Gasteiger partial charge in [0.1, 0.15) is 5.75 Å². The van der Waals surface area contributed by atoms with E-state index >= 15 is 0 Å². The van der Waals surface area contributed by atoms with E-state index in [0.717, 1.165) is 40.5 Å². The van der Waals surface area contributed by atoms with Gasteiger partial charge in [-0.2, -0.15) is 0 Å². The molecule has 1 aliphatic carbocycles. The fraction of sp³-hybridized carbons (Fsp3) is 0.304. The first-order valence-corrected chi connectivity index (χ1v) is 10.1.